The van der Waals surface area contributed by atoms with Crippen LogP contribution < -0.4 is 0 Å². The van der Waals surface area contributed by atoms with Crippen LogP contribution in [-0.4, -0.2) is 52.2 Å². The van der Waals surface area contributed by atoms with Gasteiger partial charge in [0.25, 0.3) is 0 Å². The standard InChI is InChI=1S/C16H22O6/c1-17-10-20-12-8-14(18-2)21-13-9-19-16(22-15(12)13)11-6-4-3-5-7-11/h3-7,12-16H,8-10H2,1-2H3/t12-,13+,14-,15-,16?/m0/s1. The van der Waals surface area contributed by atoms with Gasteiger partial charge in [0.15, 0.2) is 12.6 Å². The second kappa shape index (κ2) is 7.50. The molecule has 0 radical (unpaired) electrons. The van der Waals surface area contributed by atoms with Gasteiger partial charge in [0.05, 0.1) is 12.7 Å². The van der Waals surface area contributed by atoms with Crippen molar-refractivity contribution in [1.82, 2.24) is 0 Å². The summed E-state index contributed by atoms with van der Waals surface area (Å²) in [7, 11) is 3.22. The molecule has 6 nitrogen and oxygen atoms in total. The van der Waals surface area contributed by atoms with E-state index < -0.39 is 6.29 Å². The molecule has 22 heavy (non-hydrogen) atoms. The van der Waals surface area contributed by atoms with Crippen LogP contribution in [0, 0.1) is 0 Å². The maximum absolute atomic E-state index is 6.10. The van der Waals surface area contributed by atoms with Crippen molar-refractivity contribution in [3.63, 3.8) is 0 Å². The van der Waals surface area contributed by atoms with Crippen LogP contribution >= 0.6 is 0 Å². The molecule has 122 valence electrons. The molecule has 2 saturated heterocycles. The smallest absolute Gasteiger partial charge is 0.184 e. The van der Waals surface area contributed by atoms with Gasteiger partial charge < -0.3 is 28.4 Å². The van der Waals surface area contributed by atoms with Gasteiger partial charge in [-0.2, -0.15) is 0 Å². The maximum Gasteiger partial charge on any atom is 0.184 e. The largest absolute Gasteiger partial charge is 0.359 e. The van der Waals surface area contributed by atoms with Crippen molar-refractivity contribution in [2.45, 2.75) is 37.3 Å². The Morgan fingerprint density at radius 3 is 2.68 bits per heavy atom. The summed E-state index contributed by atoms with van der Waals surface area (Å²) in [5.74, 6) is 0. The van der Waals surface area contributed by atoms with Crippen LogP contribution in [0.15, 0.2) is 30.3 Å². The topological polar surface area (TPSA) is 55.4 Å². The van der Waals surface area contributed by atoms with Crippen molar-refractivity contribution in [2.75, 3.05) is 27.6 Å². The molecule has 2 aliphatic rings. The number of methoxy groups -OCH3 is 2. The minimum Gasteiger partial charge on any atom is -0.359 e. The molecule has 6 heteroatoms. The first-order chi connectivity index (χ1) is 10.8. The van der Waals surface area contributed by atoms with Crippen LogP contribution in [0.1, 0.15) is 18.3 Å². The molecule has 3 rings (SSSR count). The Morgan fingerprint density at radius 2 is 1.95 bits per heavy atom. The molecule has 0 amide bonds. The lowest BCUT2D eigenvalue weighted by molar-refractivity contribution is -0.342. The molecular formula is C16H22O6. The van der Waals surface area contributed by atoms with E-state index in [0.717, 1.165) is 5.56 Å². The Hall–Kier alpha value is -1.02. The van der Waals surface area contributed by atoms with Crippen molar-refractivity contribution in [3.05, 3.63) is 35.9 Å². The average Bonchev–Trinajstić information content (AvgIpc) is 2.59. The first kappa shape index (κ1) is 15.9. The van der Waals surface area contributed by atoms with Gasteiger partial charge in [0.2, 0.25) is 0 Å². The number of ether oxygens (including phenoxy) is 6. The summed E-state index contributed by atoms with van der Waals surface area (Å²) in [5, 5.41) is 0. The number of hydrogen-bond acceptors (Lipinski definition) is 6. The molecule has 2 aliphatic heterocycles. The van der Waals surface area contributed by atoms with Gasteiger partial charge in [-0.05, 0) is 0 Å². The van der Waals surface area contributed by atoms with Crippen LogP contribution in [0.2, 0.25) is 0 Å². The van der Waals surface area contributed by atoms with Crippen molar-refractivity contribution >= 4 is 0 Å². The fourth-order valence-electron chi connectivity index (χ4n) is 2.82. The minimum absolute atomic E-state index is 0.154. The Kier molecular flexibility index (Phi) is 5.41. The fraction of sp³-hybridized carbons (Fsp3) is 0.625. The van der Waals surface area contributed by atoms with E-state index in [1.807, 2.05) is 30.3 Å². The highest BCUT2D eigenvalue weighted by Crippen LogP contribution is 2.35. The average molecular weight is 310 g/mol. The van der Waals surface area contributed by atoms with Gasteiger partial charge in [-0.3, -0.25) is 0 Å². The Labute approximate surface area is 130 Å². The fourth-order valence-corrected chi connectivity index (χ4v) is 2.82. The predicted molar refractivity (Wildman–Crippen MR) is 77.0 cm³/mol. The van der Waals surface area contributed by atoms with E-state index in [0.29, 0.717) is 13.0 Å². The molecule has 0 N–H and O–H groups in total. The number of fused-ring (bicyclic) bond motifs is 1. The third kappa shape index (κ3) is 3.48. The first-order valence-corrected chi connectivity index (χ1v) is 7.42. The molecule has 1 unspecified atom stereocenters. The Bertz CT molecular complexity index is 453. The quantitative estimate of drug-likeness (QED) is 0.774. The van der Waals surface area contributed by atoms with Crippen LogP contribution in [0.5, 0.6) is 0 Å². The molecule has 0 aromatic heterocycles. The second-order valence-electron chi connectivity index (χ2n) is 5.36. The third-order valence-electron chi connectivity index (χ3n) is 3.91. The summed E-state index contributed by atoms with van der Waals surface area (Å²) in [5.41, 5.74) is 0.986. The molecule has 5 atom stereocenters. The van der Waals surface area contributed by atoms with Gasteiger partial charge in [-0.1, -0.05) is 30.3 Å². The normalized spacial score (nSPS) is 35.1. The summed E-state index contributed by atoms with van der Waals surface area (Å²) < 4.78 is 33.8. The van der Waals surface area contributed by atoms with Gasteiger partial charge in [-0.25, -0.2) is 0 Å². The van der Waals surface area contributed by atoms with Crippen molar-refractivity contribution < 1.29 is 28.4 Å². The molecule has 2 heterocycles. The number of hydrogen-bond donors (Lipinski definition) is 0. The molecular weight excluding hydrogens is 288 g/mol. The maximum atomic E-state index is 6.10. The van der Waals surface area contributed by atoms with Gasteiger partial charge >= 0.3 is 0 Å². The zero-order valence-corrected chi connectivity index (χ0v) is 12.8. The van der Waals surface area contributed by atoms with E-state index in [-0.39, 0.29) is 31.4 Å². The lowest BCUT2D eigenvalue weighted by atomic mass is 10.00. The SMILES string of the molecule is COCO[C@H]1C[C@@H](OC)O[C@@H]2COC(c3ccccc3)O[C@@H]12. The summed E-state index contributed by atoms with van der Waals surface area (Å²) in [6.45, 7) is 0.654. The summed E-state index contributed by atoms with van der Waals surface area (Å²) in [4.78, 5) is 0. The van der Waals surface area contributed by atoms with Gasteiger partial charge in [0.1, 0.15) is 19.0 Å². The molecule has 0 bridgehead atoms. The molecule has 0 spiro atoms. The number of rotatable bonds is 5. The highest BCUT2D eigenvalue weighted by molar-refractivity contribution is 5.16. The lowest BCUT2D eigenvalue weighted by Gasteiger charge is -2.45. The third-order valence-corrected chi connectivity index (χ3v) is 3.91. The lowest BCUT2D eigenvalue weighted by Crippen LogP contribution is -2.56. The molecule has 1 aromatic carbocycles. The minimum atomic E-state index is -0.404. The van der Waals surface area contributed by atoms with E-state index in [2.05, 4.69) is 0 Å². The summed E-state index contributed by atoms with van der Waals surface area (Å²) in [6.07, 6.45) is -0.690. The molecule has 2 fully saturated rings. The van der Waals surface area contributed by atoms with E-state index in [1.165, 1.54) is 0 Å². The van der Waals surface area contributed by atoms with Crippen molar-refractivity contribution in [3.8, 4) is 0 Å². The first-order valence-electron chi connectivity index (χ1n) is 7.42. The van der Waals surface area contributed by atoms with E-state index >= 15 is 0 Å². The van der Waals surface area contributed by atoms with Crippen molar-refractivity contribution in [1.29, 1.82) is 0 Å². The van der Waals surface area contributed by atoms with Gasteiger partial charge in [0, 0.05) is 26.2 Å². The molecule has 0 aliphatic carbocycles. The molecule has 0 saturated carbocycles. The summed E-state index contributed by atoms with van der Waals surface area (Å²) >= 11 is 0. The van der Waals surface area contributed by atoms with Crippen molar-refractivity contribution in [2.24, 2.45) is 0 Å². The van der Waals surface area contributed by atoms with E-state index in [1.54, 1.807) is 14.2 Å². The zero-order chi connectivity index (χ0) is 15.4. The second-order valence-corrected chi connectivity index (χ2v) is 5.36. The predicted octanol–water partition coefficient (Wildman–Crippen LogP) is 1.85. The van der Waals surface area contributed by atoms with Crippen LogP contribution in [0.4, 0.5) is 0 Å². The van der Waals surface area contributed by atoms with Crippen LogP contribution in [0.25, 0.3) is 0 Å². The highest BCUT2D eigenvalue weighted by atomic mass is 16.8. The Morgan fingerprint density at radius 1 is 1.14 bits per heavy atom. The highest BCUT2D eigenvalue weighted by Gasteiger charge is 2.45. The number of benzene rings is 1. The summed E-state index contributed by atoms with van der Waals surface area (Å²) in [6, 6.07) is 9.86. The Balaban J connectivity index is 1.71. The van der Waals surface area contributed by atoms with Gasteiger partial charge in [-0.15, -0.1) is 0 Å². The molecule has 1 aromatic rings. The van der Waals surface area contributed by atoms with E-state index in [4.69, 9.17) is 28.4 Å². The van der Waals surface area contributed by atoms with Crippen LogP contribution in [-0.2, 0) is 28.4 Å². The van der Waals surface area contributed by atoms with E-state index in [9.17, 15) is 0 Å². The van der Waals surface area contributed by atoms with Crippen LogP contribution in [0.3, 0.4) is 0 Å². The monoisotopic (exact) mass is 310 g/mol. The zero-order valence-electron chi connectivity index (χ0n) is 12.8.